The summed E-state index contributed by atoms with van der Waals surface area (Å²) in [5, 5.41) is 2.93. The molecular formula is C18H19BrN2O5S2. The minimum atomic E-state index is -0.668. The van der Waals surface area contributed by atoms with Crippen LogP contribution in [-0.4, -0.2) is 43.9 Å². The average molecular weight is 487 g/mol. The first-order valence-corrected chi connectivity index (χ1v) is 10.7. The fourth-order valence-corrected chi connectivity index (χ4v) is 4.24. The topological polar surface area (TPSA) is 108 Å². The summed E-state index contributed by atoms with van der Waals surface area (Å²) in [4.78, 5) is 37.5. The third-order valence-corrected chi connectivity index (χ3v) is 6.29. The lowest BCUT2D eigenvalue weighted by atomic mass is 10.1. The van der Waals surface area contributed by atoms with E-state index in [1.165, 1.54) is 18.9 Å². The number of esters is 1. The lowest BCUT2D eigenvalue weighted by Gasteiger charge is -2.08. The van der Waals surface area contributed by atoms with Crippen LogP contribution in [0.4, 0.5) is 5.00 Å². The Morgan fingerprint density at radius 3 is 2.50 bits per heavy atom. The highest BCUT2D eigenvalue weighted by Gasteiger charge is 2.25. The van der Waals surface area contributed by atoms with Crippen LogP contribution in [0.5, 0.6) is 0 Å². The molecule has 0 spiro atoms. The van der Waals surface area contributed by atoms with Crippen LogP contribution in [0.25, 0.3) is 0 Å². The summed E-state index contributed by atoms with van der Waals surface area (Å²) in [5.41, 5.74) is 5.90. The van der Waals surface area contributed by atoms with Crippen LogP contribution in [-0.2, 0) is 14.3 Å². The van der Waals surface area contributed by atoms with Crippen molar-refractivity contribution in [1.29, 1.82) is 0 Å². The molecule has 0 aliphatic carbocycles. The van der Waals surface area contributed by atoms with Gasteiger partial charge in [0.05, 0.1) is 22.8 Å². The Labute approximate surface area is 179 Å². The molecule has 0 aliphatic heterocycles. The van der Waals surface area contributed by atoms with Crippen molar-refractivity contribution >= 4 is 61.8 Å². The summed E-state index contributed by atoms with van der Waals surface area (Å²) < 4.78 is 10.9. The van der Waals surface area contributed by atoms with Gasteiger partial charge >= 0.3 is 5.97 Å². The van der Waals surface area contributed by atoms with Gasteiger partial charge in [0.1, 0.15) is 11.6 Å². The molecule has 28 heavy (non-hydrogen) atoms. The molecule has 10 heteroatoms. The van der Waals surface area contributed by atoms with Crippen LogP contribution in [0.15, 0.2) is 33.6 Å². The summed E-state index contributed by atoms with van der Waals surface area (Å²) >= 11 is 5.67. The molecule has 0 aliphatic rings. The number of ether oxygens (including phenoxy) is 2. The largest absolute Gasteiger partial charge is 0.460 e. The zero-order valence-electron chi connectivity index (χ0n) is 15.2. The molecule has 1 aromatic heterocycles. The van der Waals surface area contributed by atoms with Gasteiger partial charge in [0.2, 0.25) is 5.91 Å². The maximum Gasteiger partial charge on any atom is 0.341 e. The standard InChI is InChI=1S/C18H19BrN2O5S2/c1-10-14(18(24)26-8-7-25-2)17(28-15(10)16(20)23)21-13(22)9-27-12-5-3-11(19)4-6-12/h3-6H,7-9H2,1-2H3,(H2,20,23)(H,21,22). The molecule has 0 bridgehead atoms. The van der Waals surface area contributed by atoms with Crippen LogP contribution >= 0.6 is 39.0 Å². The van der Waals surface area contributed by atoms with Crippen LogP contribution in [0.3, 0.4) is 0 Å². The van der Waals surface area contributed by atoms with E-state index in [1.54, 1.807) is 6.92 Å². The Balaban J connectivity index is 2.12. The number of nitrogens with two attached hydrogens (primary N) is 1. The Morgan fingerprint density at radius 1 is 1.21 bits per heavy atom. The molecule has 150 valence electrons. The monoisotopic (exact) mass is 486 g/mol. The zero-order valence-corrected chi connectivity index (χ0v) is 18.5. The van der Waals surface area contributed by atoms with Crippen LogP contribution in [0, 0.1) is 6.92 Å². The molecular weight excluding hydrogens is 468 g/mol. The van der Waals surface area contributed by atoms with E-state index in [2.05, 4.69) is 21.2 Å². The minimum Gasteiger partial charge on any atom is -0.460 e. The summed E-state index contributed by atoms with van der Waals surface area (Å²) in [6, 6.07) is 7.55. The Hall–Kier alpha value is -1.88. The average Bonchev–Trinajstić information content (AvgIpc) is 2.97. The number of carbonyl (C=O) groups excluding carboxylic acids is 3. The molecule has 2 rings (SSSR count). The Kier molecular flexibility index (Phi) is 8.49. The van der Waals surface area contributed by atoms with Gasteiger partial charge in [0.25, 0.3) is 5.91 Å². The SMILES string of the molecule is COCCOC(=O)c1c(NC(=O)CSc2ccc(Br)cc2)sc(C(N)=O)c1C. The summed E-state index contributed by atoms with van der Waals surface area (Å²) in [5.74, 6) is -1.48. The molecule has 1 aromatic carbocycles. The predicted octanol–water partition coefficient (Wildman–Crippen LogP) is 3.45. The van der Waals surface area contributed by atoms with Crippen molar-refractivity contribution in [2.75, 3.05) is 31.4 Å². The lowest BCUT2D eigenvalue weighted by molar-refractivity contribution is -0.113. The Bertz CT molecular complexity index is 868. The molecule has 0 unspecified atom stereocenters. The second-order valence-corrected chi connectivity index (χ2v) is 8.53. The van der Waals surface area contributed by atoms with E-state index in [9.17, 15) is 14.4 Å². The van der Waals surface area contributed by atoms with Crippen molar-refractivity contribution in [3.05, 3.63) is 44.7 Å². The number of rotatable bonds is 9. The fraction of sp³-hybridized carbons (Fsp3) is 0.278. The van der Waals surface area contributed by atoms with Crippen LogP contribution in [0.1, 0.15) is 25.6 Å². The van der Waals surface area contributed by atoms with Gasteiger partial charge in [-0.2, -0.15) is 0 Å². The molecule has 7 nitrogen and oxygen atoms in total. The van der Waals surface area contributed by atoms with Crippen LogP contribution < -0.4 is 11.1 Å². The van der Waals surface area contributed by atoms with Crippen molar-refractivity contribution in [3.63, 3.8) is 0 Å². The summed E-state index contributed by atoms with van der Waals surface area (Å²) in [6.45, 7) is 1.89. The van der Waals surface area contributed by atoms with Gasteiger partial charge in [-0.05, 0) is 36.8 Å². The van der Waals surface area contributed by atoms with Gasteiger partial charge in [-0.25, -0.2) is 4.79 Å². The maximum absolute atomic E-state index is 12.4. The second kappa shape index (κ2) is 10.6. The number of anilines is 1. The van der Waals surface area contributed by atoms with Crippen molar-refractivity contribution < 1.29 is 23.9 Å². The number of amides is 2. The molecule has 1 heterocycles. The number of nitrogens with one attached hydrogen (secondary N) is 1. The third kappa shape index (κ3) is 6.06. The van der Waals surface area contributed by atoms with Crippen molar-refractivity contribution in [2.45, 2.75) is 11.8 Å². The maximum atomic E-state index is 12.4. The molecule has 0 atom stereocenters. The van der Waals surface area contributed by atoms with E-state index in [4.69, 9.17) is 15.2 Å². The smallest absolute Gasteiger partial charge is 0.341 e. The highest BCUT2D eigenvalue weighted by Crippen LogP contribution is 2.34. The number of primary amides is 1. The highest BCUT2D eigenvalue weighted by molar-refractivity contribution is 9.10. The summed E-state index contributed by atoms with van der Waals surface area (Å²) in [7, 11) is 1.49. The van der Waals surface area contributed by atoms with Gasteiger partial charge in [-0.3, -0.25) is 9.59 Å². The number of methoxy groups -OCH3 is 1. The van der Waals surface area contributed by atoms with E-state index in [1.807, 2.05) is 24.3 Å². The molecule has 0 saturated carbocycles. The number of benzene rings is 1. The minimum absolute atomic E-state index is 0.0589. The van der Waals surface area contributed by atoms with Gasteiger partial charge in [0.15, 0.2) is 0 Å². The number of thiophene rings is 1. The van der Waals surface area contributed by atoms with E-state index < -0.39 is 11.9 Å². The fourth-order valence-electron chi connectivity index (χ4n) is 2.21. The van der Waals surface area contributed by atoms with Gasteiger partial charge in [-0.15, -0.1) is 23.1 Å². The zero-order chi connectivity index (χ0) is 20.7. The van der Waals surface area contributed by atoms with Gasteiger partial charge in [0, 0.05) is 16.5 Å². The van der Waals surface area contributed by atoms with E-state index >= 15 is 0 Å². The number of halogens is 1. The van der Waals surface area contributed by atoms with E-state index in [-0.39, 0.29) is 40.3 Å². The summed E-state index contributed by atoms with van der Waals surface area (Å²) in [6.07, 6.45) is 0. The van der Waals surface area contributed by atoms with E-state index in [0.29, 0.717) is 5.56 Å². The molecule has 0 saturated heterocycles. The molecule has 2 aromatic rings. The molecule has 0 radical (unpaired) electrons. The van der Waals surface area contributed by atoms with Crippen LogP contribution in [0.2, 0.25) is 0 Å². The Morgan fingerprint density at radius 2 is 1.89 bits per heavy atom. The molecule has 0 fully saturated rings. The van der Waals surface area contributed by atoms with Crippen molar-refractivity contribution in [3.8, 4) is 0 Å². The first-order chi connectivity index (χ1) is 13.3. The first-order valence-electron chi connectivity index (χ1n) is 8.11. The van der Waals surface area contributed by atoms with Gasteiger partial charge < -0.3 is 20.5 Å². The van der Waals surface area contributed by atoms with E-state index in [0.717, 1.165) is 20.7 Å². The normalized spacial score (nSPS) is 10.5. The van der Waals surface area contributed by atoms with Gasteiger partial charge in [-0.1, -0.05) is 15.9 Å². The van der Waals surface area contributed by atoms with Crippen molar-refractivity contribution in [2.24, 2.45) is 5.73 Å². The predicted molar refractivity (Wildman–Crippen MR) is 113 cm³/mol. The number of hydrogen-bond acceptors (Lipinski definition) is 7. The molecule has 2 amide bonds. The number of hydrogen-bond donors (Lipinski definition) is 2. The molecule has 3 N–H and O–H groups in total. The number of thioether (sulfide) groups is 1. The first kappa shape index (κ1) is 22.4. The highest BCUT2D eigenvalue weighted by atomic mass is 79.9. The van der Waals surface area contributed by atoms with Crippen molar-refractivity contribution in [1.82, 2.24) is 0 Å². The quantitative estimate of drug-likeness (QED) is 0.319. The number of carbonyl (C=O) groups is 3. The lowest BCUT2D eigenvalue weighted by Crippen LogP contribution is -2.17. The third-order valence-electron chi connectivity index (χ3n) is 3.53. The second-order valence-electron chi connectivity index (χ2n) is 5.54.